The van der Waals surface area contributed by atoms with Crippen LogP contribution in [0.1, 0.15) is 47.9 Å². The molecule has 284 valence electrons. The van der Waals surface area contributed by atoms with Gasteiger partial charge in [0, 0.05) is 26.4 Å². The lowest BCUT2D eigenvalue weighted by atomic mass is 9.80. The van der Waals surface area contributed by atoms with Gasteiger partial charge in [-0.3, -0.25) is 0 Å². The fraction of sp³-hybridized carbons (Fsp3) is 0.400. The van der Waals surface area contributed by atoms with Gasteiger partial charge < -0.3 is 20.4 Å². The van der Waals surface area contributed by atoms with E-state index in [1.807, 2.05) is 48.5 Å². The van der Waals surface area contributed by atoms with Crippen LogP contribution in [0, 0.1) is 23.7 Å². The molecule has 52 heavy (non-hydrogen) atoms. The highest BCUT2D eigenvalue weighted by Crippen LogP contribution is 2.33. The molecule has 0 saturated carbocycles. The van der Waals surface area contributed by atoms with Crippen LogP contribution in [0.15, 0.2) is 72.8 Å². The first-order valence-corrected chi connectivity index (χ1v) is 20.1. The highest BCUT2D eigenvalue weighted by molar-refractivity contribution is 6.43. The first kappa shape index (κ1) is 45.4. The van der Waals surface area contributed by atoms with Crippen LogP contribution < -0.4 is 0 Å². The van der Waals surface area contributed by atoms with Crippen molar-refractivity contribution >= 4 is 92.8 Å². The lowest BCUT2D eigenvalue weighted by molar-refractivity contribution is 0.158. The molecular weight excluding hydrogens is 828 g/mol. The topological polar surface area (TPSA) is 80.9 Å². The fourth-order valence-corrected chi connectivity index (χ4v) is 7.64. The highest BCUT2D eigenvalue weighted by atomic mass is 35.5. The summed E-state index contributed by atoms with van der Waals surface area (Å²) in [6.07, 6.45) is 5.86. The van der Waals surface area contributed by atoms with E-state index >= 15 is 0 Å². The van der Waals surface area contributed by atoms with Crippen LogP contribution >= 0.6 is 92.8 Å². The van der Waals surface area contributed by atoms with Crippen LogP contribution in [0.5, 0.6) is 0 Å². The number of aliphatic hydroxyl groups is 4. The lowest BCUT2D eigenvalue weighted by Gasteiger charge is -2.26. The molecule has 0 bridgehead atoms. The van der Waals surface area contributed by atoms with E-state index in [1.165, 1.54) is 0 Å². The molecule has 0 spiro atoms. The van der Waals surface area contributed by atoms with E-state index in [0.29, 0.717) is 65.9 Å². The van der Waals surface area contributed by atoms with Crippen molar-refractivity contribution in [3.05, 3.63) is 135 Å². The molecule has 0 aromatic heterocycles. The van der Waals surface area contributed by atoms with Crippen molar-refractivity contribution in [2.45, 2.75) is 51.4 Å². The van der Waals surface area contributed by atoms with Crippen molar-refractivity contribution in [3.63, 3.8) is 0 Å². The number of aliphatic hydroxyl groups excluding tert-OH is 4. The monoisotopic (exact) mass is 868 g/mol. The molecule has 12 heteroatoms. The molecule has 4 aromatic carbocycles. The normalized spacial score (nSPS) is 13.6. The first-order valence-electron chi connectivity index (χ1n) is 17.1. The molecule has 4 atom stereocenters. The summed E-state index contributed by atoms with van der Waals surface area (Å²) in [5, 5.41) is 42.6. The van der Waals surface area contributed by atoms with Crippen LogP contribution in [0.4, 0.5) is 0 Å². The average molecular weight is 872 g/mol. The zero-order valence-electron chi connectivity index (χ0n) is 28.5. The molecule has 0 aliphatic heterocycles. The minimum absolute atomic E-state index is 0.0354. The Morgan fingerprint density at radius 1 is 0.346 bits per heavy atom. The van der Waals surface area contributed by atoms with Gasteiger partial charge in [-0.25, -0.2) is 0 Å². The predicted molar refractivity (Wildman–Crippen MR) is 221 cm³/mol. The Morgan fingerprint density at radius 2 is 0.596 bits per heavy atom. The van der Waals surface area contributed by atoms with E-state index in [4.69, 9.17) is 92.8 Å². The lowest BCUT2D eigenvalue weighted by Crippen LogP contribution is -2.23. The molecule has 0 radical (unpaired) electrons. The van der Waals surface area contributed by atoms with Gasteiger partial charge in [0.25, 0.3) is 0 Å². The van der Waals surface area contributed by atoms with Gasteiger partial charge in [0.2, 0.25) is 0 Å². The molecule has 0 aliphatic carbocycles. The van der Waals surface area contributed by atoms with Gasteiger partial charge >= 0.3 is 0 Å². The Hall–Kier alpha value is -0.960. The molecule has 4 nitrogen and oxygen atoms in total. The molecule has 4 aromatic rings. The quantitative estimate of drug-likeness (QED) is 0.0803. The van der Waals surface area contributed by atoms with Gasteiger partial charge in [0.05, 0.1) is 40.2 Å². The molecule has 0 aliphatic rings. The standard InChI is InChI=1S/2C20H22Cl4O2/c2*21-17-5-3-13(10-19(17)23)8-15(2-1-7-25)16(12-26)9-14-4-6-18(22)20(24)11-14/h2*3-6,10-11,15-16,25-26H,1-2,7-9,12H2/t2*15-,16+/m10/s1. The number of benzene rings is 4. The van der Waals surface area contributed by atoms with Crippen molar-refractivity contribution in [1.29, 1.82) is 0 Å². The summed E-state index contributed by atoms with van der Waals surface area (Å²) in [6, 6.07) is 22.3. The minimum Gasteiger partial charge on any atom is -0.396 e. The van der Waals surface area contributed by atoms with E-state index in [0.717, 1.165) is 47.9 Å². The van der Waals surface area contributed by atoms with Gasteiger partial charge in [-0.1, -0.05) is 117 Å². The number of hydrogen-bond acceptors (Lipinski definition) is 4. The Labute approximate surface area is 347 Å². The van der Waals surface area contributed by atoms with E-state index in [-0.39, 0.29) is 50.1 Å². The third kappa shape index (κ3) is 14.9. The second kappa shape index (κ2) is 23.8. The fourth-order valence-electron chi connectivity index (χ4n) is 6.35. The molecule has 4 N–H and O–H groups in total. The van der Waals surface area contributed by atoms with Gasteiger partial charge in [-0.2, -0.15) is 0 Å². The second-order valence-electron chi connectivity index (χ2n) is 12.9. The smallest absolute Gasteiger partial charge is 0.0595 e. The number of rotatable bonds is 18. The van der Waals surface area contributed by atoms with Crippen molar-refractivity contribution in [1.82, 2.24) is 0 Å². The molecule has 0 heterocycles. The summed E-state index contributed by atoms with van der Waals surface area (Å²) < 4.78 is 0. The highest BCUT2D eigenvalue weighted by Gasteiger charge is 2.24. The van der Waals surface area contributed by atoms with Crippen molar-refractivity contribution in [2.75, 3.05) is 26.4 Å². The SMILES string of the molecule is OCCC[C@@H](Cc1ccc(Cl)c(Cl)c1)[C@@H](CO)Cc1ccc(Cl)c(Cl)c1.OCCC[C@H](Cc1ccc(Cl)c(Cl)c1)[C@H](CO)Cc1ccc(Cl)c(Cl)c1. The van der Waals surface area contributed by atoms with Gasteiger partial charge in [0.1, 0.15) is 0 Å². The van der Waals surface area contributed by atoms with Crippen LogP contribution in [-0.4, -0.2) is 46.9 Å². The Morgan fingerprint density at radius 3 is 0.808 bits per heavy atom. The third-order valence-corrected chi connectivity index (χ3v) is 12.2. The van der Waals surface area contributed by atoms with Gasteiger partial charge in [-0.15, -0.1) is 0 Å². The van der Waals surface area contributed by atoms with Crippen LogP contribution in [0.2, 0.25) is 40.2 Å². The summed E-state index contributed by atoms with van der Waals surface area (Å²) in [7, 11) is 0. The van der Waals surface area contributed by atoms with Crippen LogP contribution in [0.3, 0.4) is 0 Å². The predicted octanol–water partition coefficient (Wildman–Crippen LogP) is 12.2. The maximum absolute atomic E-state index is 9.99. The van der Waals surface area contributed by atoms with Gasteiger partial charge in [-0.05, 0) is 146 Å². The summed E-state index contributed by atoms with van der Waals surface area (Å²) in [5.41, 5.74) is 4.19. The van der Waals surface area contributed by atoms with Crippen molar-refractivity contribution < 1.29 is 20.4 Å². The maximum Gasteiger partial charge on any atom is 0.0595 e. The summed E-state index contributed by atoms with van der Waals surface area (Å²) in [6.45, 7) is 0.362. The van der Waals surface area contributed by atoms with Gasteiger partial charge in [0.15, 0.2) is 0 Å². The molecular formula is C40H44Cl8O4. The van der Waals surface area contributed by atoms with E-state index in [9.17, 15) is 20.4 Å². The van der Waals surface area contributed by atoms with E-state index in [2.05, 4.69) is 0 Å². The first-order chi connectivity index (χ1) is 24.9. The molecule has 0 saturated heterocycles. The van der Waals surface area contributed by atoms with Crippen molar-refractivity contribution in [2.24, 2.45) is 23.7 Å². The largest absolute Gasteiger partial charge is 0.396 e. The second-order valence-corrected chi connectivity index (χ2v) is 16.2. The molecule has 4 rings (SSSR count). The molecule has 0 fully saturated rings. The number of hydrogen-bond donors (Lipinski definition) is 4. The van der Waals surface area contributed by atoms with Crippen molar-refractivity contribution in [3.8, 4) is 0 Å². The average Bonchev–Trinajstić information content (AvgIpc) is 3.12. The van der Waals surface area contributed by atoms with Crippen LogP contribution in [-0.2, 0) is 25.7 Å². The summed E-state index contributed by atoms with van der Waals surface area (Å²) in [5.74, 6) is 0.458. The van der Waals surface area contributed by atoms with E-state index < -0.39 is 0 Å². The Bertz CT molecular complexity index is 1560. The van der Waals surface area contributed by atoms with Crippen LogP contribution in [0.25, 0.3) is 0 Å². The molecule has 0 unspecified atom stereocenters. The third-order valence-electron chi connectivity index (χ3n) is 9.20. The zero-order chi connectivity index (χ0) is 38.2. The minimum atomic E-state index is 0.0354. The summed E-state index contributed by atoms with van der Waals surface area (Å²) in [4.78, 5) is 0. The Kier molecular flexibility index (Phi) is 20.8. The number of halogens is 8. The maximum atomic E-state index is 9.99. The Balaban J connectivity index is 0.000000280. The summed E-state index contributed by atoms with van der Waals surface area (Å²) >= 11 is 48.4. The molecule has 0 amide bonds. The van der Waals surface area contributed by atoms with E-state index in [1.54, 1.807) is 24.3 Å². The zero-order valence-corrected chi connectivity index (χ0v) is 34.6.